The lowest BCUT2D eigenvalue weighted by Gasteiger charge is -2.22. The molecule has 0 saturated carbocycles. The molecule has 0 aliphatic carbocycles. The predicted octanol–water partition coefficient (Wildman–Crippen LogP) is 2.24. The van der Waals surface area contributed by atoms with Crippen molar-refractivity contribution in [3.63, 3.8) is 0 Å². The van der Waals surface area contributed by atoms with Gasteiger partial charge in [-0.1, -0.05) is 24.3 Å². The van der Waals surface area contributed by atoms with Crippen LogP contribution in [0.5, 0.6) is 11.5 Å². The number of anilines is 1. The summed E-state index contributed by atoms with van der Waals surface area (Å²) in [5.74, 6) is 0.962. The van der Waals surface area contributed by atoms with Crippen LogP contribution in [0.4, 0.5) is 5.69 Å². The Morgan fingerprint density at radius 2 is 1.76 bits per heavy atom. The van der Waals surface area contributed by atoms with Crippen molar-refractivity contribution >= 4 is 17.5 Å². The van der Waals surface area contributed by atoms with E-state index in [1.54, 1.807) is 30.2 Å². The molecule has 0 atom stereocenters. The lowest BCUT2D eigenvalue weighted by Crippen LogP contribution is -2.39. The number of carbonyl (C=O) groups is 2. The first-order valence-electron chi connectivity index (χ1n) is 7.97. The Hall–Kier alpha value is -3.02. The van der Waals surface area contributed by atoms with Crippen LogP contribution in [0, 0.1) is 0 Å². The molecule has 0 radical (unpaired) electrons. The normalized spacial score (nSPS) is 10.0. The number of methoxy groups -OCH3 is 1. The van der Waals surface area contributed by atoms with Crippen LogP contribution in [0.15, 0.2) is 54.6 Å². The van der Waals surface area contributed by atoms with Crippen molar-refractivity contribution in [1.82, 2.24) is 5.32 Å². The first-order chi connectivity index (χ1) is 12.1. The van der Waals surface area contributed by atoms with Crippen molar-refractivity contribution in [2.45, 2.75) is 6.92 Å². The summed E-state index contributed by atoms with van der Waals surface area (Å²) >= 11 is 0. The fraction of sp³-hybridized carbons (Fsp3) is 0.263. The Morgan fingerprint density at radius 3 is 2.44 bits per heavy atom. The van der Waals surface area contributed by atoms with E-state index >= 15 is 0 Å². The number of hydrogen-bond acceptors (Lipinski definition) is 4. The van der Waals surface area contributed by atoms with Gasteiger partial charge in [-0.25, -0.2) is 0 Å². The van der Waals surface area contributed by atoms with Crippen LogP contribution in [0.1, 0.15) is 6.92 Å². The first kappa shape index (κ1) is 18.3. The van der Waals surface area contributed by atoms with Gasteiger partial charge in [-0.3, -0.25) is 9.59 Å². The summed E-state index contributed by atoms with van der Waals surface area (Å²) in [4.78, 5) is 25.3. The van der Waals surface area contributed by atoms with Crippen LogP contribution in [0.2, 0.25) is 0 Å². The molecular formula is C19H22N2O4. The molecule has 2 aromatic carbocycles. The van der Waals surface area contributed by atoms with Gasteiger partial charge in [0.25, 0.3) is 5.91 Å². The Labute approximate surface area is 147 Å². The quantitative estimate of drug-likeness (QED) is 0.799. The van der Waals surface area contributed by atoms with Gasteiger partial charge in [0.2, 0.25) is 5.91 Å². The van der Waals surface area contributed by atoms with Gasteiger partial charge in [-0.05, 0) is 24.3 Å². The Balaban J connectivity index is 1.82. The summed E-state index contributed by atoms with van der Waals surface area (Å²) in [6, 6.07) is 16.4. The van der Waals surface area contributed by atoms with Crippen LogP contribution >= 0.6 is 0 Å². The number of amides is 2. The van der Waals surface area contributed by atoms with Gasteiger partial charge in [0.15, 0.2) is 6.61 Å². The van der Waals surface area contributed by atoms with E-state index in [4.69, 9.17) is 9.47 Å². The maximum atomic E-state index is 11.9. The standard InChI is InChI=1S/C19H22N2O4/c1-15(22)21(16-7-6-10-18(13-16)24-2)12-11-20-19(23)14-25-17-8-4-3-5-9-17/h3-10,13H,11-12,14H2,1-2H3,(H,20,23). The Morgan fingerprint density at radius 1 is 1.04 bits per heavy atom. The molecule has 0 aromatic heterocycles. The number of para-hydroxylation sites is 1. The van der Waals surface area contributed by atoms with Crippen molar-refractivity contribution in [3.05, 3.63) is 54.6 Å². The second-order valence-corrected chi connectivity index (χ2v) is 5.32. The molecule has 2 rings (SSSR count). The highest BCUT2D eigenvalue weighted by atomic mass is 16.5. The lowest BCUT2D eigenvalue weighted by molar-refractivity contribution is -0.123. The predicted molar refractivity (Wildman–Crippen MR) is 96.0 cm³/mol. The lowest BCUT2D eigenvalue weighted by atomic mass is 10.2. The topological polar surface area (TPSA) is 67.9 Å². The zero-order chi connectivity index (χ0) is 18.1. The molecule has 2 amide bonds. The second-order valence-electron chi connectivity index (χ2n) is 5.32. The van der Waals surface area contributed by atoms with Crippen LogP contribution < -0.4 is 19.7 Å². The molecule has 2 aromatic rings. The molecule has 0 unspecified atom stereocenters. The number of rotatable bonds is 8. The maximum absolute atomic E-state index is 11.9. The molecule has 25 heavy (non-hydrogen) atoms. The van der Waals surface area contributed by atoms with Gasteiger partial charge in [0.05, 0.1) is 7.11 Å². The number of nitrogens with one attached hydrogen (secondary N) is 1. The van der Waals surface area contributed by atoms with Gasteiger partial charge < -0.3 is 19.7 Å². The summed E-state index contributed by atoms with van der Waals surface area (Å²) in [5, 5.41) is 2.75. The minimum Gasteiger partial charge on any atom is -0.497 e. The van der Waals surface area contributed by atoms with Gasteiger partial charge in [0.1, 0.15) is 11.5 Å². The van der Waals surface area contributed by atoms with Crippen LogP contribution in [-0.4, -0.2) is 38.6 Å². The van der Waals surface area contributed by atoms with E-state index in [2.05, 4.69) is 5.32 Å². The highest BCUT2D eigenvalue weighted by molar-refractivity contribution is 5.91. The number of ether oxygens (including phenoxy) is 2. The molecule has 0 saturated heterocycles. The molecule has 0 bridgehead atoms. The molecule has 0 spiro atoms. The van der Waals surface area contributed by atoms with E-state index < -0.39 is 0 Å². The Bertz CT molecular complexity index is 704. The molecular weight excluding hydrogens is 320 g/mol. The van der Waals surface area contributed by atoms with Crippen LogP contribution in [0.25, 0.3) is 0 Å². The maximum Gasteiger partial charge on any atom is 0.258 e. The molecule has 0 heterocycles. The fourth-order valence-electron chi connectivity index (χ4n) is 2.27. The van der Waals surface area contributed by atoms with E-state index in [1.165, 1.54) is 6.92 Å². The van der Waals surface area contributed by atoms with Crippen molar-refractivity contribution < 1.29 is 19.1 Å². The van der Waals surface area contributed by atoms with Gasteiger partial charge >= 0.3 is 0 Å². The molecule has 0 aliphatic rings. The average Bonchev–Trinajstić information content (AvgIpc) is 2.64. The molecule has 6 nitrogen and oxygen atoms in total. The molecule has 6 heteroatoms. The monoisotopic (exact) mass is 342 g/mol. The van der Waals surface area contributed by atoms with E-state index in [9.17, 15) is 9.59 Å². The fourth-order valence-corrected chi connectivity index (χ4v) is 2.27. The zero-order valence-corrected chi connectivity index (χ0v) is 14.4. The van der Waals surface area contributed by atoms with E-state index in [1.807, 2.05) is 36.4 Å². The SMILES string of the molecule is COc1cccc(N(CCNC(=O)COc2ccccc2)C(C)=O)c1. The number of benzene rings is 2. The molecule has 0 aliphatic heterocycles. The van der Waals surface area contributed by atoms with Crippen LogP contribution in [-0.2, 0) is 9.59 Å². The number of carbonyl (C=O) groups excluding carboxylic acids is 2. The minimum atomic E-state index is -0.238. The molecule has 132 valence electrons. The van der Waals surface area contributed by atoms with E-state index in [-0.39, 0.29) is 18.4 Å². The summed E-state index contributed by atoms with van der Waals surface area (Å²) in [6.45, 7) is 2.11. The third kappa shape index (κ3) is 5.84. The number of nitrogens with zero attached hydrogens (tertiary/aromatic N) is 1. The van der Waals surface area contributed by atoms with E-state index in [0.29, 0.717) is 24.6 Å². The highest BCUT2D eigenvalue weighted by Crippen LogP contribution is 2.20. The minimum absolute atomic E-state index is 0.0662. The molecule has 0 fully saturated rings. The van der Waals surface area contributed by atoms with Crippen molar-refractivity contribution in [2.24, 2.45) is 0 Å². The summed E-state index contributed by atoms with van der Waals surface area (Å²) in [6.07, 6.45) is 0. The van der Waals surface area contributed by atoms with Crippen molar-refractivity contribution in [3.8, 4) is 11.5 Å². The van der Waals surface area contributed by atoms with Crippen LogP contribution in [0.3, 0.4) is 0 Å². The van der Waals surface area contributed by atoms with Gasteiger partial charge in [0, 0.05) is 31.8 Å². The smallest absolute Gasteiger partial charge is 0.258 e. The summed E-state index contributed by atoms with van der Waals surface area (Å²) in [7, 11) is 1.57. The van der Waals surface area contributed by atoms with Gasteiger partial charge in [-0.2, -0.15) is 0 Å². The third-order valence-corrected chi connectivity index (χ3v) is 3.52. The summed E-state index contributed by atoms with van der Waals surface area (Å²) < 4.78 is 10.6. The number of hydrogen-bond donors (Lipinski definition) is 1. The second kappa shape index (κ2) is 9.32. The largest absolute Gasteiger partial charge is 0.497 e. The first-order valence-corrected chi connectivity index (χ1v) is 7.97. The summed E-state index contributed by atoms with van der Waals surface area (Å²) in [5.41, 5.74) is 0.724. The molecule has 1 N–H and O–H groups in total. The average molecular weight is 342 g/mol. The zero-order valence-electron chi connectivity index (χ0n) is 14.4. The van der Waals surface area contributed by atoms with Gasteiger partial charge in [-0.15, -0.1) is 0 Å². The Kier molecular flexibility index (Phi) is 6.83. The van der Waals surface area contributed by atoms with Crippen molar-refractivity contribution in [2.75, 3.05) is 31.7 Å². The van der Waals surface area contributed by atoms with Crippen molar-refractivity contribution in [1.29, 1.82) is 0 Å². The third-order valence-electron chi connectivity index (χ3n) is 3.52. The van der Waals surface area contributed by atoms with E-state index in [0.717, 1.165) is 5.69 Å². The highest BCUT2D eigenvalue weighted by Gasteiger charge is 2.12.